The lowest BCUT2D eigenvalue weighted by Gasteiger charge is -2.39. The third-order valence-corrected chi connectivity index (χ3v) is 9.57. The standard InChI is InChI=1S/C47H41N3/c1-34-14-8-11-19-44(34)50(47(2,3)4)41-28-24-36(25-29-41)35-22-26-38(27-23-35)48(37-15-6-5-7-16-37)39-30-32-40(33-31-39)49-45-20-12-9-17-42(45)43-18-10-13-21-46(43)49/h5-33H,1-4H3. The van der Waals surface area contributed by atoms with Crippen LogP contribution >= 0.6 is 0 Å². The van der Waals surface area contributed by atoms with Crippen LogP contribution in [0.2, 0.25) is 0 Å². The predicted octanol–water partition coefficient (Wildman–Crippen LogP) is 13.2. The van der Waals surface area contributed by atoms with Gasteiger partial charge in [0.2, 0.25) is 0 Å². The van der Waals surface area contributed by atoms with Gasteiger partial charge in [-0.05, 0) is 123 Å². The molecule has 0 bridgehead atoms. The van der Waals surface area contributed by atoms with Gasteiger partial charge in [-0.1, -0.05) is 97.1 Å². The molecule has 0 saturated heterocycles. The second kappa shape index (κ2) is 12.8. The van der Waals surface area contributed by atoms with Crippen molar-refractivity contribution in [2.24, 2.45) is 0 Å². The van der Waals surface area contributed by atoms with Crippen molar-refractivity contribution in [3.63, 3.8) is 0 Å². The lowest BCUT2D eigenvalue weighted by molar-refractivity contribution is 0.559. The van der Waals surface area contributed by atoms with E-state index in [0.717, 1.165) is 22.7 Å². The van der Waals surface area contributed by atoms with Gasteiger partial charge < -0.3 is 14.4 Å². The molecule has 244 valence electrons. The second-order valence-corrected chi connectivity index (χ2v) is 13.9. The number of rotatable bonds is 7. The lowest BCUT2D eigenvalue weighted by atomic mass is 9.99. The number of hydrogen-bond donors (Lipinski definition) is 0. The van der Waals surface area contributed by atoms with Crippen molar-refractivity contribution >= 4 is 50.2 Å². The molecule has 0 aliphatic heterocycles. The van der Waals surface area contributed by atoms with Gasteiger partial charge in [0.15, 0.2) is 0 Å². The summed E-state index contributed by atoms with van der Waals surface area (Å²) in [5.41, 5.74) is 12.9. The van der Waals surface area contributed by atoms with Gasteiger partial charge in [0.1, 0.15) is 0 Å². The molecule has 7 aromatic carbocycles. The third kappa shape index (κ3) is 5.71. The number of benzene rings is 7. The number of anilines is 5. The van der Waals surface area contributed by atoms with Gasteiger partial charge in [0.25, 0.3) is 0 Å². The Labute approximate surface area is 295 Å². The van der Waals surface area contributed by atoms with Crippen LogP contribution in [0.1, 0.15) is 26.3 Å². The van der Waals surface area contributed by atoms with Gasteiger partial charge in [-0.25, -0.2) is 0 Å². The summed E-state index contributed by atoms with van der Waals surface area (Å²) < 4.78 is 2.36. The van der Waals surface area contributed by atoms with E-state index >= 15 is 0 Å². The Hall–Kier alpha value is -6.06. The van der Waals surface area contributed by atoms with E-state index in [9.17, 15) is 0 Å². The van der Waals surface area contributed by atoms with Crippen LogP contribution in [0.5, 0.6) is 0 Å². The van der Waals surface area contributed by atoms with Gasteiger partial charge in [0, 0.05) is 50.4 Å². The fourth-order valence-electron chi connectivity index (χ4n) is 7.28. The van der Waals surface area contributed by atoms with E-state index in [1.165, 1.54) is 49.9 Å². The van der Waals surface area contributed by atoms with E-state index in [-0.39, 0.29) is 5.54 Å². The van der Waals surface area contributed by atoms with Gasteiger partial charge in [0.05, 0.1) is 11.0 Å². The minimum atomic E-state index is -0.0716. The summed E-state index contributed by atoms with van der Waals surface area (Å²) in [4.78, 5) is 4.76. The van der Waals surface area contributed by atoms with Crippen molar-refractivity contribution in [2.45, 2.75) is 33.2 Å². The number of para-hydroxylation sites is 4. The van der Waals surface area contributed by atoms with Crippen LogP contribution < -0.4 is 9.80 Å². The monoisotopic (exact) mass is 647 g/mol. The number of nitrogens with zero attached hydrogens (tertiary/aromatic N) is 3. The maximum atomic E-state index is 2.43. The number of fused-ring (bicyclic) bond motifs is 3. The summed E-state index contributed by atoms with van der Waals surface area (Å²) >= 11 is 0. The summed E-state index contributed by atoms with van der Waals surface area (Å²) in [7, 11) is 0. The number of aromatic nitrogens is 1. The molecule has 1 heterocycles. The van der Waals surface area contributed by atoms with Crippen LogP contribution in [-0.4, -0.2) is 10.1 Å². The van der Waals surface area contributed by atoms with E-state index in [4.69, 9.17) is 0 Å². The molecule has 0 fully saturated rings. The predicted molar refractivity (Wildman–Crippen MR) is 214 cm³/mol. The molecule has 0 radical (unpaired) electrons. The third-order valence-electron chi connectivity index (χ3n) is 9.57. The Morgan fingerprint density at radius 1 is 0.420 bits per heavy atom. The number of aryl methyl sites for hydroxylation is 1. The Balaban J connectivity index is 1.12. The highest BCUT2D eigenvalue weighted by atomic mass is 15.2. The highest BCUT2D eigenvalue weighted by molar-refractivity contribution is 6.09. The fraction of sp³-hybridized carbons (Fsp3) is 0.106. The van der Waals surface area contributed by atoms with Gasteiger partial charge >= 0.3 is 0 Å². The molecular formula is C47H41N3. The largest absolute Gasteiger partial charge is 0.336 e. The molecule has 0 unspecified atom stereocenters. The van der Waals surface area contributed by atoms with Crippen LogP contribution in [0.4, 0.5) is 28.4 Å². The van der Waals surface area contributed by atoms with Crippen molar-refractivity contribution in [1.29, 1.82) is 0 Å². The lowest BCUT2D eigenvalue weighted by Crippen LogP contribution is -2.38. The average molecular weight is 648 g/mol. The first kappa shape index (κ1) is 31.2. The van der Waals surface area contributed by atoms with Crippen molar-refractivity contribution in [1.82, 2.24) is 4.57 Å². The smallest absolute Gasteiger partial charge is 0.0541 e. The zero-order chi connectivity index (χ0) is 34.2. The summed E-state index contributed by atoms with van der Waals surface area (Å²) in [6.45, 7) is 8.98. The second-order valence-electron chi connectivity index (χ2n) is 13.9. The van der Waals surface area contributed by atoms with Gasteiger partial charge in [-0.2, -0.15) is 0 Å². The molecule has 0 amide bonds. The summed E-state index contributed by atoms with van der Waals surface area (Å²) in [5, 5.41) is 2.54. The molecule has 0 N–H and O–H groups in total. The van der Waals surface area contributed by atoms with Crippen LogP contribution in [0.3, 0.4) is 0 Å². The minimum Gasteiger partial charge on any atom is -0.336 e. The van der Waals surface area contributed by atoms with Gasteiger partial charge in [-0.15, -0.1) is 0 Å². The van der Waals surface area contributed by atoms with Gasteiger partial charge in [-0.3, -0.25) is 0 Å². The summed E-state index contributed by atoms with van der Waals surface area (Å²) in [6, 6.07) is 63.4. The van der Waals surface area contributed by atoms with Crippen molar-refractivity contribution in [3.05, 3.63) is 181 Å². The Morgan fingerprint density at radius 2 is 0.860 bits per heavy atom. The molecular weight excluding hydrogens is 607 g/mol. The Morgan fingerprint density at radius 3 is 1.40 bits per heavy atom. The highest BCUT2D eigenvalue weighted by Crippen LogP contribution is 2.39. The van der Waals surface area contributed by atoms with Crippen molar-refractivity contribution < 1.29 is 0 Å². The first-order chi connectivity index (χ1) is 24.4. The van der Waals surface area contributed by atoms with Crippen molar-refractivity contribution in [2.75, 3.05) is 9.80 Å². The van der Waals surface area contributed by atoms with E-state index < -0.39 is 0 Å². The molecule has 8 rings (SSSR count). The zero-order valence-electron chi connectivity index (χ0n) is 29.1. The van der Waals surface area contributed by atoms with Crippen LogP contribution in [0, 0.1) is 6.92 Å². The molecule has 0 atom stereocenters. The topological polar surface area (TPSA) is 11.4 Å². The SMILES string of the molecule is Cc1ccccc1N(c1ccc(-c2ccc(N(c3ccccc3)c3ccc(-n4c5ccccc5c5ccccc54)cc3)cc2)cc1)C(C)(C)C. The normalized spacial score (nSPS) is 11.6. The molecule has 3 nitrogen and oxygen atoms in total. The van der Waals surface area contributed by atoms with Crippen LogP contribution in [-0.2, 0) is 0 Å². The van der Waals surface area contributed by atoms with Crippen LogP contribution in [0.25, 0.3) is 38.6 Å². The molecule has 50 heavy (non-hydrogen) atoms. The molecule has 1 aromatic heterocycles. The maximum Gasteiger partial charge on any atom is 0.0541 e. The fourth-order valence-corrected chi connectivity index (χ4v) is 7.28. The quantitative estimate of drug-likeness (QED) is 0.171. The maximum absolute atomic E-state index is 2.43. The first-order valence-electron chi connectivity index (χ1n) is 17.4. The summed E-state index contributed by atoms with van der Waals surface area (Å²) in [5.74, 6) is 0. The molecule has 0 spiro atoms. The Kier molecular flexibility index (Phi) is 7.97. The molecule has 3 heteroatoms. The summed E-state index contributed by atoms with van der Waals surface area (Å²) in [6.07, 6.45) is 0. The molecule has 0 aliphatic carbocycles. The molecule has 8 aromatic rings. The minimum absolute atomic E-state index is 0.0716. The average Bonchev–Trinajstić information content (AvgIpc) is 3.48. The highest BCUT2D eigenvalue weighted by Gasteiger charge is 2.24. The molecule has 0 aliphatic rings. The van der Waals surface area contributed by atoms with Crippen molar-refractivity contribution in [3.8, 4) is 16.8 Å². The first-order valence-corrected chi connectivity index (χ1v) is 17.4. The zero-order valence-corrected chi connectivity index (χ0v) is 29.1. The van der Waals surface area contributed by atoms with Crippen LogP contribution in [0.15, 0.2) is 176 Å². The molecule has 0 saturated carbocycles. The van der Waals surface area contributed by atoms with E-state index in [0.29, 0.717) is 0 Å². The van der Waals surface area contributed by atoms with E-state index in [1.54, 1.807) is 0 Å². The Bertz CT molecular complexity index is 2340. The van der Waals surface area contributed by atoms with E-state index in [2.05, 4.69) is 218 Å². The number of hydrogen-bond acceptors (Lipinski definition) is 2. The van der Waals surface area contributed by atoms with E-state index in [1.807, 2.05) is 0 Å².